The van der Waals surface area contributed by atoms with Gasteiger partial charge in [-0.15, -0.1) is 0 Å². The first kappa shape index (κ1) is 19.5. The fraction of sp³-hybridized carbons (Fsp3) is 0.556. The van der Waals surface area contributed by atoms with Gasteiger partial charge < -0.3 is 19.4 Å². The molecule has 1 aliphatic heterocycles. The van der Waals surface area contributed by atoms with Gasteiger partial charge in [0.1, 0.15) is 0 Å². The van der Waals surface area contributed by atoms with Gasteiger partial charge in [-0.05, 0) is 51.7 Å². The average Bonchev–Trinajstić information content (AvgIpc) is 2.73. The molecule has 0 saturated carbocycles. The summed E-state index contributed by atoms with van der Waals surface area (Å²) in [5.74, 6) is 0.478. The van der Waals surface area contributed by atoms with E-state index in [2.05, 4.69) is 10.3 Å². The normalized spacial score (nSPS) is 19.0. The Hall–Kier alpha value is -1.86. The zero-order valence-electron chi connectivity index (χ0n) is 15.9. The predicted octanol–water partition coefficient (Wildman–Crippen LogP) is 2.63. The Kier molecular flexibility index (Phi) is 5.90. The maximum Gasteiger partial charge on any atom is 0.492 e. The predicted molar refractivity (Wildman–Crippen MR) is 98.1 cm³/mol. The van der Waals surface area contributed by atoms with Crippen LogP contribution in [0.3, 0.4) is 0 Å². The highest BCUT2D eigenvalue weighted by Crippen LogP contribution is 2.38. The molecule has 0 unspecified atom stereocenters. The van der Waals surface area contributed by atoms with Crippen LogP contribution >= 0.6 is 0 Å². The first-order chi connectivity index (χ1) is 11.6. The van der Waals surface area contributed by atoms with Crippen molar-refractivity contribution in [1.29, 1.82) is 0 Å². The van der Waals surface area contributed by atoms with Gasteiger partial charge in [-0.3, -0.25) is 4.79 Å². The molecule has 1 aromatic heterocycles. The number of rotatable bonds is 6. The Morgan fingerprint density at radius 1 is 1.28 bits per heavy atom. The van der Waals surface area contributed by atoms with Crippen LogP contribution in [0.4, 0.5) is 0 Å². The summed E-state index contributed by atoms with van der Waals surface area (Å²) >= 11 is 0. The van der Waals surface area contributed by atoms with E-state index >= 15 is 0 Å². The van der Waals surface area contributed by atoms with Crippen molar-refractivity contribution in [3.05, 3.63) is 29.4 Å². The number of nitrogens with zero attached hydrogens (tertiary/aromatic N) is 1. The Bertz CT molecular complexity index is 625. The van der Waals surface area contributed by atoms with Crippen molar-refractivity contribution >= 4 is 19.1 Å². The van der Waals surface area contributed by atoms with Crippen LogP contribution in [0.2, 0.25) is 0 Å². The van der Waals surface area contributed by atoms with Crippen LogP contribution in [-0.2, 0) is 14.1 Å². The Balaban J connectivity index is 2.25. The van der Waals surface area contributed by atoms with Crippen molar-refractivity contribution in [2.75, 3.05) is 13.2 Å². The third-order valence-electron chi connectivity index (χ3n) is 4.50. The molecule has 2 rings (SSSR count). The van der Waals surface area contributed by atoms with Crippen molar-refractivity contribution < 1.29 is 18.8 Å². The van der Waals surface area contributed by atoms with Gasteiger partial charge in [0.15, 0.2) is 0 Å². The first-order valence-electron chi connectivity index (χ1n) is 8.54. The SMILES string of the molecule is CCOc1ccc(C=C(CNC(C)=O)B2OC(C)(C)C(C)(C)O2)cn1. The number of hydrogen-bond donors (Lipinski definition) is 1. The van der Waals surface area contributed by atoms with Crippen LogP contribution in [0, 0.1) is 0 Å². The van der Waals surface area contributed by atoms with Gasteiger partial charge in [0.25, 0.3) is 0 Å². The Morgan fingerprint density at radius 2 is 1.92 bits per heavy atom. The van der Waals surface area contributed by atoms with Crippen LogP contribution in [-0.4, -0.2) is 42.4 Å². The minimum atomic E-state index is -0.525. The molecule has 0 atom stereocenters. The molecule has 6 nitrogen and oxygen atoms in total. The number of aromatic nitrogens is 1. The van der Waals surface area contributed by atoms with Crippen LogP contribution in [0.5, 0.6) is 5.88 Å². The second kappa shape index (κ2) is 7.58. The Labute approximate surface area is 150 Å². The minimum Gasteiger partial charge on any atom is -0.478 e. The van der Waals surface area contributed by atoms with E-state index in [9.17, 15) is 4.79 Å². The van der Waals surface area contributed by atoms with Crippen LogP contribution in [0.25, 0.3) is 6.08 Å². The van der Waals surface area contributed by atoms with E-state index in [4.69, 9.17) is 14.0 Å². The number of carbonyl (C=O) groups excluding carboxylic acids is 1. The molecule has 136 valence electrons. The number of amides is 1. The van der Waals surface area contributed by atoms with E-state index in [0.717, 1.165) is 11.0 Å². The van der Waals surface area contributed by atoms with Crippen molar-refractivity contribution in [3.63, 3.8) is 0 Å². The molecule has 0 spiro atoms. The van der Waals surface area contributed by atoms with E-state index in [1.54, 1.807) is 6.20 Å². The lowest BCUT2D eigenvalue weighted by molar-refractivity contribution is -0.118. The molecule has 1 aliphatic rings. The lowest BCUT2D eigenvalue weighted by atomic mass is 9.77. The van der Waals surface area contributed by atoms with Gasteiger partial charge in [-0.2, -0.15) is 0 Å². The smallest absolute Gasteiger partial charge is 0.478 e. The van der Waals surface area contributed by atoms with Gasteiger partial charge in [-0.25, -0.2) is 4.98 Å². The Morgan fingerprint density at radius 3 is 2.40 bits per heavy atom. The molecule has 1 aromatic rings. The third kappa shape index (κ3) is 4.83. The van der Waals surface area contributed by atoms with E-state index in [1.165, 1.54) is 6.92 Å². The third-order valence-corrected chi connectivity index (χ3v) is 4.50. The molecule has 1 amide bonds. The molecular formula is C18H27BN2O4. The number of hydrogen-bond acceptors (Lipinski definition) is 5. The number of pyridine rings is 1. The molecule has 1 N–H and O–H groups in total. The summed E-state index contributed by atoms with van der Waals surface area (Å²) in [5, 5.41) is 2.82. The summed E-state index contributed by atoms with van der Waals surface area (Å²) in [6.45, 7) is 12.3. The highest BCUT2D eigenvalue weighted by molar-refractivity contribution is 6.56. The topological polar surface area (TPSA) is 69.7 Å². The number of ether oxygens (including phenoxy) is 1. The second-order valence-corrected chi connectivity index (χ2v) is 7.08. The molecule has 0 bridgehead atoms. The standard InChI is InChI=1S/C18H27BN2O4/c1-7-23-16-9-8-14(11-21-16)10-15(12-20-13(2)22)19-24-17(3,4)18(5,6)25-19/h8-11H,7,12H2,1-6H3,(H,20,22). The van der Waals surface area contributed by atoms with E-state index in [-0.39, 0.29) is 5.91 Å². The van der Waals surface area contributed by atoms with Gasteiger partial charge >= 0.3 is 7.12 Å². The molecule has 7 heteroatoms. The fourth-order valence-electron chi connectivity index (χ4n) is 2.35. The summed E-state index contributed by atoms with van der Waals surface area (Å²) < 4.78 is 17.6. The van der Waals surface area contributed by atoms with Gasteiger partial charge in [0.05, 0.1) is 17.8 Å². The lowest BCUT2D eigenvalue weighted by Crippen LogP contribution is -2.41. The van der Waals surface area contributed by atoms with Crippen LogP contribution in [0.15, 0.2) is 23.8 Å². The quantitative estimate of drug-likeness (QED) is 0.802. The summed E-state index contributed by atoms with van der Waals surface area (Å²) in [6, 6.07) is 3.73. The van der Waals surface area contributed by atoms with Gasteiger partial charge in [-0.1, -0.05) is 6.08 Å². The highest BCUT2D eigenvalue weighted by atomic mass is 16.7. The average molecular weight is 346 g/mol. The van der Waals surface area contributed by atoms with E-state index in [1.807, 2.05) is 52.8 Å². The monoisotopic (exact) mass is 346 g/mol. The highest BCUT2D eigenvalue weighted by Gasteiger charge is 2.52. The molecule has 0 aromatic carbocycles. The van der Waals surface area contributed by atoms with E-state index in [0.29, 0.717) is 19.0 Å². The van der Waals surface area contributed by atoms with E-state index < -0.39 is 18.3 Å². The fourth-order valence-corrected chi connectivity index (χ4v) is 2.35. The van der Waals surface area contributed by atoms with Crippen molar-refractivity contribution in [2.24, 2.45) is 0 Å². The molecule has 1 fully saturated rings. The zero-order chi connectivity index (χ0) is 18.7. The minimum absolute atomic E-state index is 0.104. The molecule has 0 aliphatic carbocycles. The maximum absolute atomic E-state index is 11.3. The first-order valence-corrected chi connectivity index (χ1v) is 8.54. The summed E-state index contributed by atoms with van der Waals surface area (Å²) in [5.41, 5.74) is 0.840. The zero-order valence-corrected chi connectivity index (χ0v) is 15.9. The molecule has 1 saturated heterocycles. The van der Waals surface area contributed by atoms with Crippen molar-refractivity contribution in [2.45, 2.75) is 52.7 Å². The summed E-state index contributed by atoms with van der Waals surface area (Å²) in [4.78, 5) is 15.6. The number of carbonyl (C=O) groups is 1. The van der Waals surface area contributed by atoms with Crippen molar-refractivity contribution in [3.8, 4) is 5.88 Å². The molecule has 25 heavy (non-hydrogen) atoms. The molecule has 0 radical (unpaired) electrons. The largest absolute Gasteiger partial charge is 0.492 e. The van der Waals surface area contributed by atoms with Gasteiger partial charge in [0.2, 0.25) is 11.8 Å². The van der Waals surface area contributed by atoms with Gasteiger partial charge in [0, 0.05) is 25.7 Å². The summed E-state index contributed by atoms with van der Waals surface area (Å²) in [7, 11) is -0.525. The number of nitrogens with one attached hydrogen (secondary N) is 1. The summed E-state index contributed by atoms with van der Waals surface area (Å²) in [6.07, 6.45) is 3.66. The lowest BCUT2D eigenvalue weighted by Gasteiger charge is -2.32. The van der Waals surface area contributed by atoms with Crippen molar-refractivity contribution in [1.82, 2.24) is 10.3 Å². The maximum atomic E-state index is 11.3. The molecule has 2 heterocycles. The van der Waals surface area contributed by atoms with Crippen LogP contribution in [0.1, 0.15) is 47.1 Å². The molecular weight excluding hydrogens is 319 g/mol. The second-order valence-electron chi connectivity index (χ2n) is 7.08. The van der Waals surface area contributed by atoms with Crippen LogP contribution < -0.4 is 10.1 Å².